The molecule has 0 aliphatic carbocycles. The van der Waals surface area contributed by atoms with Gasteiger partial charge in [-0.05, 0) is 19.8 Å². The zero-order valence-corrected chi connectivity index (χ0v) is 8.63. The Labute approximate surface area is 79.4 Å². The van der Waals surface area contributed by atoms with Gasteiger partial charge in [-0.25, -0.2) is 0 Å². The van der Waals surface area contributed by atoms with Crippen molar-refractivity contribution < 1.29 is 14.3 Å². The van der Waals surface area contributed by atoms with E-state index in [0.717, 1.165) is 12.8 Å². The van der Waals surface area contributed by atoms with Crippen LogP contribution in [0.15, 0.2) is 0 Å². The van der Waals surface area contributed by atoms with Crippen molar-refractivity contribution >= 4 is 5.78 Å². The van der Waals surface area contributed by atoms with Crippen LogP contribution in [0.1, 0.15) is 33.6 Å². The number of carbonyl (C=O) groups excluding carboxylic acids is 1. The largest absolute Gasteiger partial charge is 0.344 e. The standard InChI is InChI=1S/C10H18O3/c1-4-8(2)9(11)10(3)12-6-5-7-13-10/h8H,4-7H2,1-3H3. The maximum Gasteiger partial charge on any atom is 0.226 e. The van der Waals surface area contributed by atoms with Crippen molar-refractivity contribution in [3.63, 3.8) is 0 Å². The van der Waals surface area contributed by atoms with Gasteiger partial charge in [0.2, 0.25) is 5.79 Å². The van der Waals surface area contributed by atoms with Crippen LogP contribution in [0, 0.1) is 5.92 Å². The van der Waals surface area contributed by atoms with Gasteiger partial charge in [0.25, 0.3) is 0 Å². The van der Waals surface area contributed by atoms with Gasteiger partial charge in [-0.2, -0.15) is 0 Å². The second-order valence-corrected chi connectivity index (χ2v) is 3.67. The summed E-state index contributed by atoms with van der Waals surface area (Å²) >= 11 is 0. The summed E-state index contributed by atoms with van der Waals surface area (Å²) in [5, 5.41) is 0. The summed E-state index contributed by atoms with van der Waals surface area (Å²) in [5.74, 6) is -0.897. The quantitative estimate of drug-likeness (QED) is 0.673. The molecule has 0 radical (unpaired) electrons. The lowest BCUT2D eigenvalue weighted by Gasteiger charge is -2.34. The van der Waals surface area contributed by atoms with Crippen LogP contribution in [-0.2, 0) is 14.3 Å². The fourth-order valence-corrected chi connectivity index (χ4v) is 1.41. The first kappa shape index (κ1) is 10.7. The summed E-state index contributed by atoms with van der Waals surface area (Å²) in [6, 6.07) is 0. The molecule has 1 saturated heterocycles. The predicted molar refractivity (Wildman–Crippen MR) is 49.4 cm³/mol. The molecule has 0 N–H and O–H groups in total. The van der Waals surface area contributed by atoms with E-state index in [0.29, 0.717) is 13.2 Å². The molecule has 0 aromatic carbocycles. The van der Waals surface area contributed by atoms with Gasteiger partial charge < -0.3 is 9.47 Å². The van der Waals surface area contributed by atoms with Gasteiger partial charge in [-0.3, -0.25) is 4.79 Å². The van der Waals surface area contributed by atoms with Crippen LogP contribution in [0.25, 0.3) is 0 Å². The van der Waals surface area contributed by atoms with Crippen LogP contribution in [0.3, 0.4) is 0 Å². The Kier molecular flexibility index (Phi) is 3.45. The summed E-state index contributed by atoms with van der Waals surface area (Å²) in [4.78, 5) is 11.8. The number of ether oxygens (including phenoxy) is 2. The minimum atomic E-state index is -0.978. The fourth-order valence-electron chi connectivity index (χ4n) is 1.41. The molecule has 3 nitrogen and oxygen atoms in total. The van der Waals surface area contributed by atoms with Crippen LogP contribution in [0.2, 0.25) is 0 Å². The minimum absolute atomic E-state index is 0.0168. The first-order valence-electron chi connectivity index (χ1n) is 4.92. The van der Waals surface area contributed by atoms with Gasteiger partial charge >= 0.3 is 0 Å². The van der Waals surface area contributed by atoms with E-state index in [1.165, 1.54) is 0 Å². The maximum atomic E-state index is 11.8. The molecule has 76 valence electrons. The second kappa shape index (κ2) is 4.20. The summed E-state index contributed by atoms with van der Waals surface area (Å²) in [6.45, 7) is 6.88. The topological polar surface area (TPSA) is 35.5 Å². The molecule has 0 amide bonds. The molecule has 1 atom stereocenters. The van der Waals surface area contributed by atoms with Crippen molar-refractivity contribution in [2.75, 3.05) is 13.2 Å². The van der Waals surface area contributed by atoms with Crippen molar-refractivity contribution in [2.24, 2.45) is 5.92 Å². The molecular formula is C10H18O3. The molecule has 1 fully saturated rings. The summed E-state index contributed by atoms with van der Waals surface area (Å²) in [5.41, 5.74) is 0. The lowest BCUT2D eigenvalue weighted by molar-refractivity contribution is -0.246. The summed E-state index contributed by atoms with van der Waals surface area (Å²) in [7, 11) is 0. The average Bonchev–Trinajstić information content (AvgIpc) is 2.16. The Bertz CT molecular complexity index is 183. The van der Waals surface area contributed by atoms with Crippen molar-refractivity contribution in [2.45, 2.75) is 39.4 Å². The lowest BCUT2D eigenvalue weighted by atomic mass is 9.97. The number of rotatable bonds is 3. The van der Waals surface area contributed by atoms with Gasteiger partial charge in [0.1, 0.15) is 0 Å². The molecule has 0 spiro atoms. The minimum Gasteiger partial charge on any atom is -0.344 e. The van der Waals surface area contributed by atoms with Crippen LogP contribution >= 0.6 is 0 Å². The number of carbonyl (C=O) groups is 1. The molecule has 1 rings (SSSR count). The lowest BCUT2D eigenvalue weighted by Crippen LogP contribution is -2.47. The molecule has 1 heterocycles. The van der Waals surface area contributed by atoms with Crippen molar-refractivity contribution in [3.05, 3.63) is 0 Å². The molecule has 1 unspecified atom stereocenters. The van der Waals surface area contributed by atoms with Gasteiger partial charge in [0, 0.05) is 5.92 Å². The average molecular weight is 186 g/mol. The third kappa shape index (κ3) is 2.29. The highest BCUT2D eigenvalue weighted by Gasteiger charge is 2.39. The van der Waals surface area contributed by atoms with E-state index in [2.05, 4.69) is 0 Å². The van der Waals surface area contributed by atoms with Crippen LogP contribution in [0.4, 0.5) is 0 Å². The third-order valence-electron chi connectivity index (χ3n) is 2.55. The second-order valence-electron chi connectivity index (χ2n) is 3.67. The van der Waals surface area contributed by atoms with E-state index in [-0.39, 0.29) is 11.7 Å². The Balaban J connectivity index is 2.61. The highest BCUT2D eigenvalue weighted by atomic mass is 16.7. The van der Waals surface area contributed by atoms with Crippen LogP contribution in [0.5, 0.6) is 0 Å². The van der Waals surface area contributed by atoms with Gasteiger partial charge in [-0.1, -0.05) is 13.8 Å². The first-order valence-corrected chi connectivity index (χ1v) is 4.92. The molecule has 1 aliphatic rings. The Hall–Kier alpha value is -0.410. The van der Waals surface area contributed by atoms with E-state index in [9.17, 15) is 4.79 Å². The zero-order chi connectivity index (χ0) is 9.90. The van der Waals surface area contributed by atoms with E-state index in [1.54, 1.807) is 6.92 Å². The summed E-state index contributed by atoms with van der Waals surface area (Å²) < 4.78 is 10.8. The maximum absolute atomic E-state index is 11.8. The highest BCUT2D eigenvalue weighted by Crippen LogP contribution is 2.23. The number of hydrogen-bond acceptors (Lipinski definition) is 3. The molecule has 0 saturated carbocycles. The SMILES string of the molecule is CCC(C)C(=O)C1(C)OCCCO1. The smallest absolute Gasteiger partial charge is 0.226 e. The molecule has 0 bridgehead atoms. The predicted octanol–water partition coefficient (Wildman–Crippen LogP) is 1.75. The zero-order valence-electron chi connectivity index (χ0n) is 8.63. The van der Waals surface area contributed by atoms with Gasteiger partial charge in [-0.15, -0.1) is 0 Å². The van der Waals surface area contributed by atoms with Gasteiger partial charge in [0.05, 0.1) is 13.2 Å². The molecule has 3 heteroatoms. The first-order chi connectivity index (χ1) is 6.10. The third-order valence-corrected chi connectivity index (χ3v) is 2.55. The molecule has 1 aliphatic heterocycles. The van der Waals surface area contributed by atoms with Crippen LogP contribution < -0.4 is 0 Å². The number of ketones is 1. The van der Waals surface area contributed by atoms with E-state index < -0.39 is 5.79 Å². The fraction of sp³-hybridized carbons (Fsp3) is 0.900. The molecular weight excluding hydrogens is 168 g/mol. The molecule has 0 aromatic rings. The number of hydrogen-bond donors (Lipinski definition) is 0. The van der Waals surface area contributed by atoms with Crippen molar-refractivity contribution in [1.82, 2.24) is 0 Å². The summed E-state index contributed by atoms with van der Waals surface area (Å²) in [6.07, 6.45) is 1.71. The molecule has 0 aromatic heterocycles. The Morgan fingerprint density at radius 2 is 2.00 bits per heavy atom. The van der Waals surface area contributed by atoms with E-state index in [1.807, 2.05) is 13.8 Å². The molecule has 13 heavy (non-hydrogen) atoms. The highest BCUT2D eigenvalue weighted by molar-refractivity contribution is 5.87. The van der Waals surface area contributed by atoms with E-state index in [4.69, 9.17) is 9.47 Å². The normalized spacial score (nSPS) is 23.9. The van der Waals surface area contributed by atoms with E-state index >= 15 is 0 Å². The van der Waals surface area contributed by atoms with Crippen LogP contribution in [-0.4, -0.2) is 24.8 Å². The number of Topliss-reactive ketones (excluding diaryl/α,β-unsaturated/α-hetero) is 1. The Morgan fingerprint density at radius 1 is 1.46 bits per heavy atom. The van der Waals surface area contributed by atoms with Crippen molar-refractivity contribution in [1.29, 1.82) is 0 Å². The van der Waals surface area contributed by atoms with Gasteiger partial charge in [0.15, 0.2) is 5.78 Å². The monoisotopic (exact) mass is 186 g/mol. The Morgan fingerprint density at radius 3 is 2.46 bits per heavy atom. The van der Waals surface area contributed by atoms with Crippen molar-refractivity contribution in [3.8, 4) is 0 Å².